The highest BCUT2D eigenvalue weighted by Gasteiger charge is 2.36. The fraction of sp³-hybridized carbons (Fsp3) is 0.417. The van der Waals surface area contributed by atoms with E-state index in [0.717, 1.165) is 18.9 Å². The number of carboxylic acids is 1. The van der Waals surface area contributed by atoms with Gasteiger partial charge in [0.15, 0.2) is 0 Å². The quantitative estimate of drug-likeness (QED) is 0.640. The highest BCUT2D eigenvalue weighted by Crippen LogP contribution is 2.40. The lowest BCUT2D eigenvalue weighted by Crippen LogP contribution is -2.11. The number of anilines is 1. The second-order valence-corrected chi connectivity index (χ2v) is 4.97. The van der Waals surface area contributed by atoms with Crippen LogP contribution in [0.5, 0.6) is 0 Å². The predicted molar refractivity (Wildman–Crippen MR) is 70.9 cm³/mol. The Balaban J connectivity index is 2.36. The van der Waals surface area contributed by atoms with E-state index in [-0.39, 0.29) is 28.0 Å². The van der Waals surface area contributed by atoms with E-state index in [4.69, 9.17) is 16.7 Å². The van der Waals surface area contributed by atoms with E-state index in [1.807, 2.05) is 0 Å². The van der Waals surface area contributed by atoms with Gasteiger partial charge in [0, 0.05) is 18.2 Å². The number of benzene rings is 1. The summed E-state index contributed by atoms with van der Waals surface area (Å²) in [6.45, 7) is 2.06. The molecule has 0 amide bonds. The second kappa shape index (κ2) is 5.05. The first-order chi connectivity index (χ1) is 8.93. The number of nitro benzene ring substituents is 1. The highest BCUT2D eigenvalue weighted by molar-refractivity contribution is 6.34. The molecule has 1 aromatic rings. The highest BCUT2D eigenvalue weighted by atomic mass is 35.5. The minimum atomic E-state index is -1.23. The standard InChI is InChI=1S/C12H13ClN2O4/c1-2-6-3-10(6)14-11-8(12(16)17)4-7(15(18)19)5-9(11)13/h4-6,10,14H,2-3H2,1H3,(H,16,17). The molecule has 19 heavy (non-hydrogen) atoms. The van der Waals surface area contributed by atoms with Gasteiger partial charge in [-0.1, -0.05) is 24.9 Å². The SMILES string of the molecule is CCC1CC1Nc1c(Cl)cc([N+](=O)[O-])cc1C(=O)O. The van der Waals surface area contributed by atoms with E-state index < -0.39 is 10.9 Å². The van der Waals surface area contributed by atoms with Crippen LogP contribution >= 0.6 is 11.6 Å². The van der Waals surface area contributed by atoms with E-state index in [1.54, 1.807) is 0 Å². The molecular formula is C12H13ClN2O4. The van der Waals surface area contributed by atoms with Crippen LogP contribution in [0.25, 0.3) is 0 Å². The molecule has 0 spiro atoms. The number of halogens is 1. The number of hydrogen-bond donors (Lipinski definition) is 2. The smallest absolute Gasteiger partial charge is 0.338 e. The van der Waals surface area contributed by atoms with Crippen molar-refractivity contribution in [3.05, 3.63) is 32.8 Å². The molecule has 2 N–H and O–H groups in total. The van der Waals surface area contributed by atoms with Gasteiger partial charge >= 0.3 is 5.97 Å². The van der Waals surface area contributed by atoms with Crippen LogP contribution in [0.2, 0.25) is 5.02 Å². The van der Waals surface area contributed by atoms with Gasteiger partial charge in [0.25, 0.3) is 5.69 Å². The molecular weight excluding hydrogens is 272 g/mol. The van der Waals surface area contributed by atoms with Gasteiger partial charge in [-0.25, -0.2) is 4.79 Å². The van der Waals surface area contributed by atoms with Crippen molar-refractivity contribution in [3.63, 3.8) is 0 Å². The Morgan fingerprint density at radius 3 is 2.79 bits per heavy atom. The summed E-state index contributed by atoms with van der Waals surface area (Å²) in [5.41, 5.74) is -0.225. The molecule has 1 aliphatic rings. The lowest BCUT2D eigenvalue weighted by Gasteiger charge is -2.11. The van der Waals surface area contributed by atoms with Crippen molar-refractivity contribution < 1.29 is 14.8 Å². The summed E-state index contributed by atoms with van der Waals surface area (Å²) in [6.07, 6.45) is 1.97. The third kappa shape index (κ3) is 2.78. The van der Waals surface area contributed by atoms with Crippen molar-refractivity contribution >= 4 is 28.9 Å². The molecule has 0 saturated heterocycles. The predicted octanol–water partition coefficient (Wildman–Crippen LogP) is 3.16. The average molecular weight is 285 g/mol. The summed E-state index contributed by atoms with van der Waals surface area (Å²) in [7, 11) is 0. The van der Waals surface area contributed by atoms with E-state index in [2.05, 4.69) is 12.2 Å². The summed E-state index contributed by atoms with van der Waals surface area (Å²) in [6, 6.07) is 2.39. The largest absolute Gasteiger partial charge is 0.478 e. The van der Waals surface area contributed by atoms with E-state index in [1.165, 1.54) is 6.07 Å². The van der Waals surface area contributed by atoms with Crippen LogP contribution < -0.4 is 5.32 Å². The van der Waals surface area contributed by atoms with Gasteiger partial charge in [-0.05, 0) is 12.3 Å². The minimum absolute atomic E-state index is 0.0633. The number of nitrogens with one attached hydrogen (secondary N) is 1. The van der Waals surface area contributed by atoms with Crippen LogP contribution in [0.4, 0.5) is 11.4 Å². The number of non-ortho nitro benzene ring substituents is 1. The van der Waals surface area contributed by atoms with Crippen molar-refractivity contribution in [3.8, 4) is 0 Å². The van der Waals surface area contributed by atoms with Crippen molar-refractivity contribution in [2.45, 2.75) is 25.8 Å². The molecule has 7 heteroatoms. The Morgan fingerprint density at radius 1 is 1.63 bits per heavy atom. The molecule has 0 heterocycles. The van der Waals surface area contributed by atoms with E-state index in [9.17, 15) is 14.9 Å². The molecule has 1 fully saturated rings. The number of hydrogen-bond acceptors (Lipinski definition) is 4. The molecule has 0 aliphatic heterocycles. The number of nitrogens with zero attached hydrogens (tertiary/aromatic N) is 1. The van der Waals surface area contributed by atoms with Crippen molar-refractivity contribution in [2.75, 3.05) is 5.32 Å². The molecule has 0 bridgehead atoms. The number of carbonyl (C=O) groups is 1. The van der Waals surface area contributed by atoms with Crippen LogP contribution in [0.3, 0.4) is 0 Å². The minimum Gasteiger partial charge on any atom is -0.478 e. The van der Waals surface area contributed by atoms with E-state index >= 15 is 0 Å². The fourth-order valence-electron chi connectivity index (χ4n) is 2.07. The number of rotatable bonds is 5. The van der Waals surface area contributed by atoms with Crippen LogP contribution in [-0.4, -0.2) is 22.0 Å². The van der Waals surface area contributed by atoms with Gasteiger partial charge in [-0.15, -0.1) is 0 Å². The zero-order valence-corrected chi connectivity index (χ0v) is 11.0. The van der Waals surface area contributed by atoms with Crippen molar-refractivity contribution in [2.24, 2.45) is 5.92 Å². The molecule has 0 radical (unpaired) electrons. The third-order valence-electron chi connectivity index (χ3n) is 3.29. The Labute approximate surface area is 114 Å². The molecule has 6 nitrogen and oxygen atoms in total. The molecule has 102 valence electrons. The summed E-state index contributed by atoms with van der Waals surface area (Å²) < 4.78 is 0. The fourth-order valence-corrected chi connectivity index (χ4v) is 2.34. The Kier molecular flexibility index (Phi) is 3.61. The maximum Gasteiger partial charge on any atom is 0.338 e. The lowest BCUT2D eigenvalue weighted by molar-refractivity contribution is -0.384. The zero-order valence-electron chi connectivity index (χ0n) is 10.2. The van der Waals surface area contributed by atoms with E-state index in [0.29, 0.717) is 5.92 Å². The summed E-state index contributed by atoms with van der Waals surface area (Å²) in [5.74, 6) is -0.727. The average Bonchev–Trinajstić information content (AvgIpc) is 3.09. The molecule has 2 atom stereocenters. The normalized spacial score (nSPS) is 20.9. The van der Waals surface area contributed by atoms with Crippen LogP contribution in [0.1, 0.15) is 30.1 Å². The Bertz CT molecular complexity index is 547. The topological polar surface area (TPSA) is 92.5 Å². The first-order valence-electron chi connectivity index (χ1n) is 5.91. The third-order valence-corrected chi connectivity index (χ3v) is 3.59. The lowest BCUT2D eigenvalue weighted by atomic mass is 10.1. The molecule has 0 aromatic heterocycles. The van der Waals surface area contributed by atoms with Crippen LogP contribution in [-0.2, 0) is 0 Å². The van der Waals surface area contributed by atoms with Crippen molar-refractivity contribution in [1.82, 2.24) is 0 Å². The first-order valence-corrected chi connectivity index (χ1v) is 6.29. The second-order valence-electron chi connectivity index (χ2n) is 4.57. The van der Waals surface area contributed by atoms with Gasteiger partial charge in [0.1, 0.15) is 0 Å². The monoisotopic (exact) mass is 284 g/mol. The van der Waals surface area contributed by atoms with Gasteiger partial charge in [-0.3, -0.25) is 10.1 Å². The summed E-state index contributed by atoms with van der Waals surface area (Å²) in [5, 5.41) is 23.0. The van der Waals surface area contributed by atoms with Crippen molar-refractivity contribution in [1.29, 1.82) is 0 Å². The van der Waals surface area contributed by atoms with Crippen LogP contribution in [0.15, 0.2) is 12.1 Å². The van der Waals surface area contributed by atoms with Crippen LogP contribution in [0, 0.1) is 16.0 Å². The van der Waals surface area contributed by atoms with Gasteiger partial charge in [0.05, 0.1) is 21.2 Å². The molecule has 1 aromatic carbocycles. The zero-order chi connectivity index (χ0) is 14.2. The number of nitro groups is 1. The van der Waals surface area contributed by atoms with Gasteiger partial charge in [0.2, 0.25) is 0 Å². The van der Waals surface area contributed by atoms with Gasteiger partial charge < -0.3 is 10.4 Å². The maximum atomic E-state index is 11.2. The summed E-state index contributed by atoms with van der Waals surface area (Å²) in [4.78, 5) is 21.2. The molecule has 2 unspecified atom stereocenters. The first kappa shape index (κ1) is 13.6. The Hall–Kier alpha value is -1.82. The molecule has 1 aliphatic carbocycles. The number of carboxylic acid groups (broad SMARTS) is 1. The Morgan fingerprint density at radius 2 is 2.32 bits per heavy atom. The maximum absolute atomic E-state index is 11.2. The molecule has 2 rings (SSSR count). The van der Waals surface area contributed by atoms with Gasteiger partial charge in [-0.2, -0.15) is 0 Å². The molecule has 1 saturated carbocycles. The summed E-state index contributed by atoms with van der Waals surface area (Å²) >= 11 is 5.96. The number of aromatic carboxylic acids is 1.